The lowest BCUT2D eigenvalue weighted by Crippen LogP contribution is -2.17. The number of nitrogen functional groups attached to an aromatic ring is 1. The first kappa shape index (κ1) is 13.5. The third kappa shape index (κ3) is 2.84. The number of fused-ring (bicyclic) bond motifs is 1. The van der Waals surface area contributed by atoms with Crippen LogP contribution in [0.4, 0.5) is 5.69 Å². The van der Waals surface area contributed by atoms with E-state index >= 15 is 0 Å². The molecule has 1 atom stereocenters. The van der Waals surface area contributed by atoms with Gasteiger partial charge in [0.1, 0.15) is 0 Å². The molecule has 2 N–H and O–H groups in total. The predicted octanol–water partition coefficient (Wildman–Crippen LogP) is 3.98. The molecule has 1 heterocycles. The number of thioether (sulfide) groups is 1. The van der Waals surface area contributed by atoms with Crippen molar-refractivity contribution in [3.8, 4) is 0 Å². The number of ether oxygens (including phenoxy) is 1. The second-order valence-electron chi connectivity index (χ2n) is 5.14. The predicted molar refractivity (Wildman–Crippen MR) is 85.2 cm³/mol. The zero-order valence-electron chi connectivity index (χ0n) is 11.6. The fourth-order valence-electron chi connectivity index (χ4n) is 2.61. The quantitative estimate of drug-likeness (QED) is 0.684. The highest BCUT2D eigenvalue weighted by molar-refractivity contribution is 7.99. The van der Waals surface area contributed by atoms with Gasteiger partial charge in [-0.3, -0.25) is 0 Å². The number of anilines is 1. The van der Waals surface area contributed by atoms with Crippen molar-refractivity contribution in [1.29, 1.82) is 0 Å². The van der Waals surface area contributed by atoms with Gasteiger partial charge in [-0.05, 0) is 48.2 Å². The van der Waals surface area contributed by atoms with E-state index in [0.29, 0.717) is 0 Å². The molecular formula is C17H19NOS. The molecule has 0 amide bonds. The van der Waals surface area contributed by atoms with Gasteiger partial charge >= 0.3 is 0 Å². The van der Waals surface area contributed by atoms with E-state index in [0.717, 1.165) is 24.5 Å². The summed E-state index contributed by atoms with van der Waals surface area (Å²) in [5.41, 5.74) is 10.6. The Labute approximate surface area is 124 Å². The largest absolute Gasteiger partial charge is 0.399 e. The molecule has 0 aromatic heterocycles. The van der Waals surface area contributed by atoms with E-state index in [4.69, 9.17) is 10.5 Å². The summed E-state index contributed by atoms with van der Waals surface area (Å²) in [5, 5.41) is 0. The molecule has 2 aromatic rings. The molecule has 3 heteroatoms. The van der Waals surface area contributed by atoms with Crippen LogP contribution in [0.25, 0.3) is 0 Å². The van der Waals surface area contributed by atoms with Crippen LogP contribution in [0, 0.1) is 6.92 Å². The maximum atomic E-state index is 5.94. The lowest BCUT2D eigenvalue weighted by Gasteiger charge is -2.26. The van der Waals surface area contributed by atoms with Crippen molar-refractivity contribution in [2.45, 2.75) is 24.3 Å². The monoisotopic (exact) mass is 285 g/mol. The minimum atomic E-state index is 0.196. The molecule has 0 spiro atoms. The van der Waals surface area contributed by atoms with Gasteiger partial charge in [-0.2, -0.15) is 0 Å². The third-order valence-corrected chi connectivity index (χ3v) is 4.92. The van der Waals surface area contributed by atoms with E-state index < -0.39 is 0 Å². The van der Waals surface area contributed by atoms with Gasteiger partial charge in [0.25, 0.3) is 0 Å². The highest BCUT2D eigenvalue weighted by atomic mass is 32.2. The average Bonchev–Trinajstić information content (AvgIpc) is 2.46. The Morgan fingerprint density at radius 2 is 2.10 bits per heavy atom. The van der Waals surface area contributed by atoms with Crippen LogP contribution >= 0.6 is 11.8 Å². The van der Waals surface area contributed by atoms with Crippen LogP contribution in [-0.4, -0.2) is 12.4 Å². The molecule has 0 bridgehead atoms. The van der Waals surface area contributed by atoms with Crippen LogP contribution in [0.5, 0.6) is 0 Å². The summed E-state index contributed by atoms with van der Waals surface area (Å²) in [6.07, 6.45) is 1.22. The van der Waals surface area contributed by atoms with Crippen LogP contribution in [0.3, 0.4) is 0 Å². The maximum Gasteiger partial charge on any atom is 0.0921 e. The Kier molecular flexibility index (Phi) is 3.99. The van der Waals surface area contributed by atoms with E-state index in [-0.39, 0.29) is 6.10 Å². The lowest BCUT2D eigenvalue weighted by atomic mass is 9.99. The maximum absolute atomic E-state index is 5.94. The van der Waals surface area contributed by atoms with Gasteiger partial charge in [-0.15, -0.1) is 11.8 Å². The second kappa shape index (κ2) is 5.90. The molecule has 0 aliphatic carbocycles. The van der Waals surface area contributed by atoms with Crippen molar-refractivity contribution in [2.24, 2.45) is 0 Å². The molecule has 0 saturated heterocycles. The number of benzene rings is 2. The summed E-state index contributed by atoms with van der Waals surface area (Å²) in [4.78, 5) is 1.28. The summed E-state index contributed by atoms with van der Waals surface area (Å²) in [5.74, 6) is 0.946. The van der Waals surface area contributed by atoms with Crippen molar-refractivity contribution < 1.29 is 4.74 Å². The molecule has 20 heavy (non-hydrogen) atoms. The fraction of sp³-hybridized carbons (Fsp3) is 0.294. The van der Waals surface area contributed by atoms with Crippen molar-refractivity contribution in [3.05, 3.63) is 59.2 Å². The molecule has 2 nitrogen and oxygen atoms in total. The highest BCUT2D eigenvalue weighted by Crippen LogP contribution is 2.33. The number of nitrogens with two attached hydrogens (primary N) is 1. The van der Waals surface area contributed by atoms with E-state index in [1.54, 1.807) is 0 Å². The molecular weight excluding hydrogens is 266 g/mol. The summed E-state index contributed by atoms with van der Waals surface area (Å²) in [7, 11) is 0. The first-order valence-electron chi connectivity index (χ1n) is 6.92. The van der Waals surface area contributed by atoms with Gasteiger partial charge in [0.2, 0.25) is 0 Å². The minimum absolute atomic E-state index is 0.196. The third-order valence-electron chi connectivity index (χ3n) is 3.68. The van der Waals surface area contributed by atoms with Gasteiger partial charge in [0.05, 0.1) is 12.7 Å². The summed E-state index contributed by atoms with van der Waals surface area (Å²) in [6, 6.07) is 14.7. The second-order valence-corrected chi connectivity index (χ2v) is 6.21. The molecule has 0 radical (unpaired) electrons. The van der Waals surface area contributed by atoms with Crippen LogP contribution in [0.1, 0.15) is 22.8 Å². The van der Waals surface area contributed by atoms with Gasteiger partial charge in [-0.25, -0.2) is 0 Å². The Morgan fingerprint density at radius 3 is 2.95 bits per heavy atom. The topological polar surface area (TPSA) is 35.2 Å². The standard InChI is InChI=1S/C17H19NOS/c1-12-10-14(18)6-7-17(12)20-11-16-15-5-3-2-4-13(15)8-9-19-16/h2-7,10,16H,8-9,11,18H2,1H3. The van der Waals surface area contributed by atoms with Crippen LogP contribution in [0.2, 0.25) is 0 Å². The SMILES string of the molecule is Cc1cc(N)ccc1SCC1OCCc2ccccc21. The molecule has 2 aromatic carbocycles. The molecule has 0 fully saturated rings. The normalized spacial score (nSPS) is 17.8. The van der Waals surface area contributed by atoms with Crippen molar-refractivity contribution in [2.75, 3.05) is 18.1 Å². The Balaban J connectivity index is 1.73. The zero-order chi connectivity index (χ0) is 13.9. The van der Waals surface area contributed by atoms with Crippen molar-refractivity contribution in [3.63, 3.8) is 0 Å². The van der Waals surface area contributed by atoms with Crippen LogP contribution in [-0.2, 0) is 11.2 Å². The van der Waals surface area contributed by atoms with Gasteiger partial charge < -0.3 is 10.5 Å². The first-order valence-corrected chi connectivity index (χ1v) is 7.91. The van der Waals surface area contributed by atoms with Crippen molar-refractivity contribution >= 4 is 17.4 Å². The van der Waals surface area contributed by atoms with Gasteiger partial charge in [0, 0.05) is 16.3 Å². The molecule has 1 aliphatic heterocycles. The van der Waals surface area contributed by atoms with Crippen LogP contribution in [0.15, 0.2) is 47.4 Å². The molecule has 0 saturated carbocycles. The van der Waals surface area contributed by atoms with E-state index in [1.807, 2.05) is 23.9 Å². The van der Waals surface area contributed by atoms with E-state index in [9.17, 15) is 0 Å². The number of rotatable bonds is 3. The summed E-state index contributed by atoms with van der Waals surface area (Å²) >= 11 is 1.85. The van der Waals surface area contributed by atoms with Crippen LogP contribution < -0.4 is 5.73 Å². The molecule has 1 aliphatic rings. The first-order chi connectivity index (χ1) is 9.74. The summed E-state index contributed by atoms with van der Waals surface area (Å²) < 4.78 is 5.94. The van der Waals surface area contributed by atoms with Crippen molar-refractivity contribution in [1.82, 2.24) is 0 Å². The molecule has 3 rings (SSSR count). The fourth-order valence-corrected chi connectivity index (χ4v) is 3.67. The number of aryl methyl sites for hydroxylation is 1. The van der Waals surface area contributed by atoms with E-state index in [2.05, 4.69) is 37.3 Å². The minimum Gasteiger partial charge on any atom is -0.399 e. The Bertz CT molecular complexity index is 612. The summed E-state index contributed by atoms with van der Waals surface area (Å²) in [6.45, 7) is 2.93. The number of hydrogen-bond acceptors (Lipinski definition) is 3. The Morgan fingerprint density at radius 1 is 1.25 bits per heavy atom. The smallest absolute Gasteiger partial charge is 0.0921 e. The molecule has 1 unspecified atom stereocenters. The number of hydrogen-bond donors (Lipinski definition) is 1. The van der Waals surface area contributed by atoms with Gasteiger partial charge in [0.15, 0.2) is 0 Å². The Hall–Kier alpha value is -1.45. The zero-order valence-corrected chi connectivity index (χ0v) is 12.5. The highest BCUT2D eigenvalue weighted by Gasteiger charge is 2.20. The average molecular weight is 285 g/mol. The van der Waals surface area contributed by atoms with E-state index in [1.165, 1.54) is 21.6 Å². The molecule has 104 valence electrons. The lowest BCUT2D eigenvalue weighted by molar-refractivity contribution is 0.0588. The van der Waals surface area contributed by atoms with Gasteiger partial charge in [-0.1, -0.05) is 24.3 Å².